The van der Waals surface area contributed by atoms with Gasteiger partial charge in [-0.3, -0.25) is 19.3 Å². The first-order valence-electron chi connectivity index (χ1n) is 11.8. The van der Waals surface area contributed by atoms with Gasteiger partial charge in [0.2, 0.25) is 5.91 Å². The second-order valence-corrected chi connectivity index (χ2v) is 9.96. The predicted molar refractivity (Wildman–Crippen MR) is 137 cm³/mol. The molecule has 0 bridgehead atoms. The molecule has 4 amide bonds. The Labute approximate surface area is 210 Å². The maximum atomic E-state index is 13.7. The molecule has 1 saturated heterocycles. The van der Waals surface area contributed by atoms with Crippen LogP contribution in [0, 0.1) is 5.41 Å². The molecule has 0 aliphatic carbocycles. The van der Waals surface area contributed by atoms with Crippen LogP contribution in [0.1, 0.15) is 42.3 Å². The Bertz CT molecular complexity index is 1280. The van der Waals surface area contributed by atoms with Crippen LogP contribution in [0.2, 0.25) is 0 Å². The van der Waals surface area contributed by atoms with Gasteiger partial charge in [0.1, 0.15) is 0 Å². The van der Waals surface area contributed by atoms with Crippen molar-refractivity contribution >= 4 is 29.3 Å². The number of nitrogens with zero attached hydrogens (tertiary/aromatic N) is 1. The molecule has 0 spiro atoms. The SMILES string of the molecule is CC(C)(C)C(=O)Nc1ccc(C(=O)CN2C(=O)NC(Cc3ccccc3)(c3ccccc3)C2=O)cc1. The van der Waals surface area contributed by atoms with E-state index in [9.17, 15) is 19.2 Å². The molecule has 4 rings (SSSR count). The second kappa shape index (κ2) is 9.77. The standard InChI is InChI=1S/C29H29N3O4/c1-28(2,3)25(34)30-23-16-14-21(15-17-23)24(33)19-32-26(35)29(31-27(32)36,22-12-8-5-9-13-22)18-20-10-6-4-7-11-20/h4-17H,18-19H2,1-3H3,(H,30,34)(H,31,36). The maximum absolute atomic E-state index is 13.7. The van der Waals surface area contributed by atoms with Crippen molar-refractivity contribution in [1.29, 1.82) is 0 Å². The number of ketones is 1. The minimum Gasteiger partial charge on any atom is -0.326 e. The normalized spacial score (nSPS) is 17.6. The first kappa shape index (κ1) is 24.9. The van der Waals surface area contributed by atoms with E-state index in [0.717, 1.165) is 10.5 Å². The molecule has 0 radical (unpaired) electrons. The molecular formula is C29H29N3O4. The summed E-state index contributed by atoms with van der Waals surface area (Å²) in [7, 11) is 0. The van der Waals surface area contributed by atoms with E-state index in [1.807, 2.05) is 69.3 Å². The van der Waals surface area contributed by atoms with Gasteiger partial charge in [-0.05, 0) is 35.4 Å². The molecular weight excluding hydrogens is 454 g/mol. The molecule has 1 aliphatic heterocycles. The van der Waals surface area contributed by atoms with Crippen molar-refractivity contribution in [1.82, 2.24) is 10.2 Å². The number of benzene rings is 3. The molecule has 184 valence electrons. The average molecular weight is 484 g/mol. The lowest BCUT2D eigenvalue weighted by Crippen LogP contribution is -2.46. The van der Waals surface area contributed by atoms with Crippen LogP contribution in [0.25, 0.3) is 0 Å². The molecule has 1 unspecified atom stereocenters. The smallest absolute Gasteiger partial charge is 0.325 e. The largest absolute Gasteiger partial charge is 0.326 e. The third-order valence-corrected chi connectivity index (χ3v) is 6.20. The van der Waals surface area contributed by atoms with E-state index >= 15 is 0 Å². The Kier molecular flexibility index (Phi) is 6.75. The van der Waals surface area contributed by atoms with Crippen LogP contribution in [0.3, 0.4) is 0 Å². The summed E-state index contributed by atoms with van der Waals surface area (Å²) in [5, 5.41) is 5.68. The van der Waals surface area contributed by atoms with E-state index in [1.54, 1.807) is 36.4 Å². The number of carbonyl (C=O) groups excluding carboxylic acids is 4. The molecule has 7 nitrogen and oxygen atoms in total. The molecule has 1 fully saturated rings. The topological polar surface area (TPSA) is 95.6 Å². The van der Waals surface area contributed by atoms with E-state index in [-0.39, 0.29) is 24.7 Å². The Balaban J connectivity index is 1.55. The van der Waals surface area contributed by atoms with Gasteiger partial charge in [0.15, 0.2) is 11.3 Å². The highest BCUT2D eigenvalue weighted by Gasteiger charge is 2.52. The van der Waals surface area contributed by atoms with Crippen molar-refractivity contribution < 1.29 is 19.2 Å². The highest BCUT2D eigenvalue weighted by molar-refractivity contribution is 6.11. The van der Waals surface area contributed by atoms with Crippen molar-refractivity contribution in [2.75, 3.05) is 11.9 Å². The third-order valence-electron chi connectivity index (χ3n) is 6.20. The van der Waals surface area contributed by atoms with Crippen molar-refractivity contribution in [2.45, 2.75) is 32.7 Å². The van der Waals surface area contributed by atoms with Gasteiger partial charge in [-0.2, -0.15) is 0 Å². The number of hydrogen-bond donors (Lipinski definition) is 2. The summed E-state index contributed by atoms with van der Waals surface area (Å²) < 4.78 is 0. The fraction of sp³-hybridized carbons (Fsp3) is 0.241. The summed E-state index contributed by atoms with van der Waals surface area (Å²) in [5.41, 5.74) is 0.582. The number of anilines is 1. The molecule has 1 atom stereocenters. The molecule has 36 heavy (non-hydrogen) atoms. The van der Waals surface area contributed by atoms with Gasteiger partial charge in [0.25, 0.3) is 5.91 Å². The van der Waals surface area contributed by atoms with Crippen molar-refractivity contribution in [3.63, 3.8) is 0 Å². The Morgan fingerprint density at radius 1 is 0.861 bits per heavy atom. The predicted octanol–water partition coefficient (Wildman–Crippen LogP) is 4.54. The molecule has 3 aromatic carbocycles. The van der Waals surface area contributed by atoms with Crippen molar-refractivity contribution in [3.8, 4) is 0 Å². The van der Waals surface area contributed by atoms with Crippen LogP contribution in [0.5, 0.6) is 0 Å². The first-order valence-corrected chi connectivity index (χ1v) is 11.8. The molecule has 1 heterocycles. The molecule has 0 saturated carbocycles. The monoisotopic (exact) mass is 483 g/mol. The number of carbonyl (C=O) groups is 4. The second-order valence-electron chi connectivity index (χ2n) is 9.96. The average Bonchev–Trinajstić information content (AvgIpc) is 3.10. The summed E-state index contributed by atoms with van der Waals surface area (Å²) in [4.78, 5) is 52.9. The van der Waals surface area contributed by atoms with E-state index in [2.05, 4.69) is 10.6 Å². The number of amides is 4. The van der Waals surface area contributed by atoms with Crippen LogP contribution >= 0.6 is 0 Å². The van der Waals surface area contributed by atoms with Gasteiger partial charge >= 0.3 is 6.03 Å². The van der Waals surface area contributed by atoms with Crippen LogP contribution < -0.4 is 10.6 Å². The fourth-order valence-corrected chi connectivity index (χ4v) is 4.10. The maximum Gasteiger partial charge on any atom is 0.325 e. The lowest BCUT2D eigenvalue weighted by molar-refractivity contribution is -0.131. The van der Waals surface area contributed by atoms with E-state index in [4.69, 9.17) is 0 Å². The number of nitrogens with one attached hydrogen (secondary N) is 2. The van der Waals surface area contributed by atoms with E-state index < -0.39 is 22.9 Å². The zero-order valence-electron chi connectivity index (χ0n) is 20.6. The number of urea groups is 1. The molecule has 0 aromatic heterocycles. The van der Waals surface area contributed by atoms with Crippen LogP contribution in [0.15, 0.2) is 84.9 Å². The van der Waals surface area contributed by atoms with Crippen molar-refractivity contribution in [3.05, 3.63) is 102 Å². The summed E-state index contributed by atoms with van der Waals surface area (Å²) in [6.07, 6.45) is 0.259. The Morgan fingerprint density at radius 3 is 2.03 bits per heavy atom. The van der Waals surface area contributed by atoms with Crippen molar-refractivity contribution in [2.24, 2.45) is 5.41 Å². The lowest BCUT2D eigenvalue weighted by Gasteiger charge is -2.27. The minimum atomic E-state index is -1.30. The highest BCUT2D eigenvalue weighted by atomic mass is 16.2. The van der Waals surface area contributed by atoms with Crippen LogP contribution in [-0.2, 0) is 21.5 Å². The number of rotatable bonds is 7. The third kappa shape index (κ3) is 5.05. The van der Waals surface area contributed by atoms with Gasteiger partial charge in [-0.25, -0.2) is 4.79 Å². The molecule has 3 aromatic rings. The fourth-order valence-electron chi connectivity index (χ4n) is 4.10. The summed E-state index contributed by atoms with van der Waals surface area (Å²) in [6.45, 7) is 5.05. The zero-order chi connectivity index (χ0) is 25.9. The van der Waals surface area contributed by atoms with Gasteiger partial charge in [-0.15, -0.1) is 0 Å². The van der Waals surface area contributed by atoms with Gasteiger partial charge in [0, 0.05) is 23.1 Å². The highest BCUT2D eigenvalue weighted by Crippen LogP contribution is 2.33. The lowest BCUT2D eigenvalue weighted by atomic mass is 9.83. The van der Waals surface area contributed by atoms with E-state index in [0.29, 0.717) is 16.8 Å². The molecule has 1 aliphatic rings. The quantitative estimate of drug-likeness (QED) is 0.381. The zero-order valence-corrected chi connectivity index (χ0v) is 20.6. The number of imide groups is 1. The van der Waals surface area contributed by atoms with Gasteiger partial charge < -0.3 is 10.6 Å². The summed E-state index contributed by atoms with van der Waals surface area (Å²) >= 11 is 0. The molecule has 7 heteroatoms. The molecule has 2 N–H and O–H groups in total. The number of Topliss-reactive ketones (excluding diaryl/α,β-unsaturated/α-hetero) is 1. The first-order chi connectivity index (χ1) is 17.1. The van der Waals surface area contributed by atoms with Crippen LogP contribution in [-0.4, -0.2) is 35.1 Å². The summed E-state index contributed by atoms with van der Waals surface area (Å²) in [5.74, 6) is -0.989. The Morgan fingerprint density at radius 2 is 1.44 bits per heavy atom. The Hall–Kier alpha value is -4.26. The summed E-state index contributed by atoms with van der Waals surface area (Å²) in [6, 6.07) is 24.3. The van der Waals surface area contributed by atoms with Gasteiger partial charge in [-0.1, -0.05) is 81.4 Å². The van der Waals surface area contributed by atoms with Gasteiger partial charge in [0.05, 0.1) is 6.54 Å². The van der Waals surface area contributed by atoms with Crippen LogP contribution in [0.4, 0.5) is 10.5 Å². The van der Waals surface area contributed by atoms with E-state index in [1.165, 1.54) is 0 Å². The minimum absolute atomic E-state index is 0.142. The number of hydrogen-bond acceptors (Lipinski definition) is 4.